The third-order valence-electron chi connectivity index (χ3n) is 7.91. The predicted molar refractivity (Wildman–Crippen MR) is 124 cm³/mol. The maximum absolute atomic E-state index is 13.3. The summed E-state index contributed by atoms with van der Waals surface area (Å²) in [7, 11) is 1.95. The first-order chi connectivity index (χ1) is 14.8. The fourth-order valence-corrected chi connectivity index (χ4v) is 6.20. The average molecular weight is 427 g/mol. The summed E-state index contributed by atoms with van der Waals surface area (Å²) in [5, 5.41) is 3.06. The van der Waals surface area contributed by atoms with Gasteiger partial charge in [-0.25, -0.2) is 4.79 Å². The minimum absolute atomic E-state index is 0.0106. The molecular weight excluding hydrogens is 388 g/mol. The van der Waals surface area contributed by atoms with Crippen LogP contribution in [-0.2, 0) is 11.2 Å². The molecule has 1 unspecified atom stereocenters. The lowest BCUT2D eigenvalue weighted by atomic mass is 9.60. The minimum Gasteiger partial charge on any atom is -0.345 e. The second-order valence-electron chi connectivity index (χ2n) is 10.4. The number of carbonyl (C=O) groups excluding carboxylic acids is 2. The molecule has 1 aromatic carbocycles. The van der Waals surface area contributed by atoms with Crippen molar-refractivity contribution in [1.82, 2.24) is 14.7 Å². The molecule has 1 N–H and O–H groups in total. The molecule has 3 aliphatic heterocycles. The molecule has 0 saturated carbocycles. The van der Waals surface area contributed by atoms with Crippen LogP contribution in [0, 0.1) is 16.7 Å². The van der Waals surface area contributed by atoms with E-state index >= 15 is 0 Å². The number of carbonyl (C=O) groups is 2. The topological polar surface area (TPSA) is 55.9 Å². The zero-order valence-electron chi connectivity index (χ0n) is 19.6. The van der Waals surface area contributed by atoms with E-state index in [0.717, 1.165) is 57.5 Å². The molecule has 6 heteroatoms. The van der Waals surface area contributed by atoms with Crippen LogP contribution in [0.4, 0.5) is 10.5 Å². The summed E-state index contributed by atoms with van der Waals surface area (Å²) in [6.07, 6.45) is 3.76. The highest BCUT2D eigenvalue weighted by Gasteiger charge is 2.64. The van der Waals surface area contributed by atoms with Gasteiger partial charge in [-0.2, -0.15) is 0 Å². The Morgan fingerprint density at radius 1 is 1.06 bits per heavy atom. The molecule has 3 aliphatic rings. The van der Waals surface area contributed by atoms with Crippen LogP contribution in [0.15, 0.2) is 24.3 Å². The standard InChI is InChI=1S/C25H38N4O2/c1-5-20-6-8-21(9-7-20)26-23(31)29-14-10-24(11-15-29)17-28(16-19(2)3)18-25(24)12-13-27(4)22(25)30/h6-9,19H,5,10-18H2,1-4H3,(H,26,31). The third-order valence-corrected chi connectivity index (χ3v) is 7.91. The summed E-state index contributed by atoms with van der Waals surface area (Å²) in [5.74, 6) is 0.916. The molecule has 6 nitrogen and oxygen atoms in total. The van der Waals surface area contributed by atoms with Gasteiger partial charge < -0.3 is 20.0 Å². The Morgan fingerprint density at radius 2 is 1.74 bits per heavy atom. The van der Waals surface area contributed by atoms with E-state index in [1.807, 2.05) is 29.0 Å². The molecule has 4 rings (SSSR count). The normalized spacial score (nSPS) is 25.9. The number of nitrogens with zero attached hydrogens (tertiary/aromatic N) is 3. The molecule has 0 bridgehead atoms. The van der Waals surface area contributed by atoms with Gasteiger partial charge in [-0.15, -0.1) is 0 Å². The van der Waals surface area contributed by atoms with Gasteiger partial charge >= 0.3 is 6.03 Å². The highest BCUT2D eigenvalue weighted by molar-refractivity contribution is 5.89. The van der Waals surface area contributed by atoms with Gasteiger partial charge in [-0.3, -0.25) is 4.79 Å². The van der Waals surface area contributed by atoms with Gasteiger partial charge in [0.05, 0.1) is 5.41 Å². The number of benzene rings is 1. The van der Waals surface area contributed by atoms with Gasteiger partial charge in [-0.1, -0.05) is 32.9 Å². The van der Waals surface area contributed by atoms with Crippen LogP contribution in [0.2, 0.25) is 0 Å². The molecule has 2 spiro atoms. The summed E-state index contributed by atoms with van der Waals surface area (Å²) < 4.78 is 0. The third kappa shape index (κ3) is 3.95. The highest BCUT2D eigenvalue weighted by atomic mass is 16.2. The molecule has 1 atom stereocenters. The zero-order valence-corrected chi connectivity index (χ0v) is 19.6. The SMILES string of the molecule is CCc1ccc(NC(=O)N2CCC3(CC2)CN(CC(C)C)CC32CCN(C)C2=O)cc1. The van der Waals surface area contributed by atoms with E-state index < -0.39 is 0 Å². The van der Waals surface area contributed by atoms with Gasteiger partial charge in [0.2, 0.25) is 5.91 Å². The van der Waals surface area contributed by atoms with Gasteiger partial charge in [0.25, 0.3) is 0 Å². The lowest BCUT2D eigenvalue weighted by molar-refractivity contribution is -0.141. The number of urea groups is 1. The zero-order chi connectivity index (χ0) is 22.2. The molecule has 3 amide bonds. The number of likely N-dealkylation sites (tertiary alicyclic amines) is 3. The van der Waals surface area contributed by atoms with E-state index in [4.69, 9.17) is 0 Å². The summed E-state index contributed by atoms with van der Waals surface area (Å²) in [4.78, 5) is 32.6. The molecule has 3 heterocycles. The van der Waals surface area contributed by atoms with Crippen LogP contribution in [0.5, 0.6) is 0 Å². The molecule has 0 aliphatic carbocycles. The summed E-state index contributed by atoms with van der Waals surface area (Å²) >= 11 is 0. The fourth-order valence-electron chi connectivity index (χ4n) is 6.20. The Kier molecular flexibility index (Phi) is 6.03. The minimum atomic E-state index is -0.269. The molecular formula is C25H38N4O2. The molecule has 170 valence electrons. The smallest absolute Gasteiger partial charge is 0.321 e. The summed E-state index contributed by atoms with van der Waals surface area (Å²) in [6.45, 7) is 11.8. The number of hydrogen-bond donors (Lipinski definition) is 1. The van der Waals surface area contributed by atoms with E-state index in [1.165, 1.54) is 5.56 Å². The Labute approximate surface area is 187 Å². The van der Waals surface area contributed by atoms with Gasteiger partial charge in [-0.05, 0) is 49.3 Å². The Hall–Kier alpha value is -2.08. The lowest BCUT2D eigenvalue weighted by Gasteiger charge is -2.46. The van der Waals surface area contributed by atoms with Gasteiger partial charge in [0, 0.05) is 57.4 Å². The maximum Gasteiger partial charge on any atom is 0.321 e. The van der Waals surface area contributed by atoms with Crippen molar-refractivity contribution in [1.29, 1.82) is 0 Å². The van der Waals surface area contributed by atoms with Crippen molar-refractivity contribution in [2.75, 3.05) is 51.6 Å². The number of piperidine rings is 1. The van der Waals surface area contributed by atoms with E-state index in [9.17, 15) is 9.59 Å². The lowest BCUT2D eigenvalue weighted by Crippen LogP contribution is -2.54. The van der Waals surface area contributed by atoms with Crippen LogP contribution in [-0.4, -0.2) is 73.0 Å². The fraction of sp³-hybridized carbons (Fsp3) is 0.680. The number of fused-ring (bicyclic) bond motifs is 1. The van der Waals surface area contributed by atoms with E-state index in [1.54, 1.807) is 0 Å². The maximum atomic E-state index is 13.3. The second-order valence-corrected chi connectivity index (χ2v) is 10.4. The highest BCUT2D eigenvalue weighted by Crippen LogP contribution is 2.57. The molecule has 0 radical (unpaired) electrons. The molecule has 0 aromatic heterocycles. The van der Waals surface area contributed by atoms with Crippen molar-refractivity contribution < 1.29 is 9.59 Å². The first-order valence-electron chi connectivity index (χ1n) is 11.9. The molecule has 3 saturated heterocycles. The number of hydrogen-bond acceptors (Lipinski definition) is 3. The van der Waals surface area contributed by atoms with Crippen molar-refractivity contribution in [3.8, 4) is 0 Å². The summed E-state index contributed by atoms with van der Waals surface area (Å²) in [5.41, 5.74) is 1.83. The summed E-state index contributed by atoms with van der Waals surface area (Å²) in [6, 6.07) is 8.05. The molecule has 31 heavy (non-hydrogen) atoms. The Morgan fingerprint density at radius 3 is 2.29 bits per heavy atom. The average Bonchev–Trinajstić information content (AvgIpc) is 3.20. The van der Waals surface area contributed by atoms with Crippen molar-refractivity contribution in [3.63, 3.8) is 0 Å². The van der Waals surface area contributed by atoms with Crippen molar-refractivity contribution in [3.05, 3.63) is 29.8 Å². The van der Waals surface area contributed by atoms with Crippen molar-refractivity contribution in [2.24, 2.45) is 16.7 Å². The quantitative estimate of drug-likeness (QED) is 0.799. The largest absolute Gasteiger partial charge is 0.345 e. The van der Waals surface area contributed by atoms with Crippen molar-refractivity contribution >= 4 is 17.6 Å². The predicted octanol–water partition coefficient (Wildman–Crippen LogP) is 3.68. The molecule has 3 fully saturated rings. The molecule has 1 aromatic rings. The van der Waals surface area contributed by atoms with E-state index in [2.05, 4.69) is 43.1 Å². The van der Waals surface area contributed by atoms with Crippen LogP contribution in [0.1, 0.15) is 45.6 Å². The van der Waals surface area contributed by atoms with Crippen molar-refractivity contribution in [2.45, 2.75) is 46.5 Å². The van der Waals surface area contributed by atoms with Crippen LogP contribution >= 0.6 is 0 Å². The first kappa shape index (κ1) is 22.1. The van der Waals surface area contributed by atoms with Crippen LogP contribution < -0.4 is 5.32 Å². The van der Waals surface area contributed by atoms with Crippen LogP contribution in [0.25, 0.3) is 0 Å². The number of rotatable bonds is 4. The Bertz CT molecular complexity index is 813. The number of aryl methyl sites for hydroxylation is 1. The monoisotopic (exact) mass is 426 g/mol. The number of nitrogens with one attached hydrogen (secondary N) is 1. The van der Waals surface area contributed by atoms with E-state index in [-0.39, 0.29) is 16.9 Å². The van der Waals surface area contributed by atoms with Crippen LogP contribution in [0.3, 0.4) is 0 Å². The Balaban J connectivity index is 1.45. The second kappa shape index (κ2) is 8.45. The van der Waals surface area contributed by atoms with Gasteiger partial charge in [0.15, 0.2) is 0 Å². The van der Waals surface area contributed by atoms with E-state index in [0.29, 0.717) is 24.9 Å². The van der Waals surface area contributed by atoms with Gasteiger partial charge in [0.1, 0.15) is 0 Å². The number of anilines is 1. The first-order valence-corrected chi connectivity index (χ1v) is 11.9. The number of amides is 3.